The summed E-state index contributed by atoms with van der Waals surface area (Å²) in [5.41, 5.74) is 1.12. The van der Waals surface area contributed by atoms with Crippen molar-refractivity contribution in [2.75, 3.05) is 17.2 Å². The van der Waals surface area contributed by atoms with E-state index in [1.165, 1.54) is 12.1 Å². The Kier molecular flexibility index (Phi) is 7.91. The molecule has 0 spiro atoms. The lowest BCUT2D eigenvalue weighted by Gasteiger charge is -2.19. The first kappa shape index (κ1) is 22.9. The molecule has 160 valence electrons. The van der Waals surface area contributed by atoms with E-state index in [0.29, 0.717) is 16.9 Å². The van der Waals surface area contributed by atoms with Crippen molar-refractivity contribution >= 4 is 29.3 Å². The molecular formula is C22H26FN3O4. The summed E-state index contributed by atoms with van der Waals surface area (Å²) in [5, 5.41) is 7.97. The molecule has 30 heavy (non-hydrogen) atoms. The fraction of sp³-hybridized carbons (Fsp3) is 0.318. The molecule has 2 aromatic carbocycles. The summed E-state index contributed by atoms with van der Waals surface area (Å²) in [4.78, 5) is 35.8. The SMILES string of the molecule is CC(C)(C)OC(=O)NCCC(=O)Nc1cccc(NC(=O)Cc2ccc(F)cc2)c1. The van der Waals surface area contributed by atoms with Gasteiger partial charge in [0.1, 0.15) is 11.4 Å². The van der Waals surface area contributed by atoms with Crippen LogP contribution in [0, 0.1) is 5.82 Å². The Morgan fingerprint density at radius 1 is 0.933 bits per heavy atom. The number of nitrogens with one attached hydrogen (secondary N) is 3. The van der Waals surface area contributed by atoms with Gasteiger partial charge in [-0.2, -0.15) is 0 Å². The number of benzene rings is 2. The van der Waals surface area contributed by atoms with Crippen LogP contribution in [0.2, 0.25) is 0 Å². The number of ether oxygens (including phenoxy) is 1. The van der Waals surface area contributed by atoms with Gasteiger partial charge in [-0.05, 0) is 56.7 Å². The number of anilines is 2. The summed E-state index contributed by atoms with van der Waals surface area (Å²) in [7, 11) is 0. The highest BCUT2D eigenvalue weighted by Gasteiger charge is 2.16. The van der Waals surface area contributed by atoms with Crippen molar-refractivity contribution < 1.29 is 23.5 Å². The molecule has 0 aliphatic carbocycles. The first-order valence-corrected chi connectivity index (χ1v) is 9.52. The maximum atomic E-state index is 12.9. The molecule has 0 aliphatic heterocycles. The van der Waals surface area contributed by atoms with Gasteiger partial charge in [-0.1, -0.05) is 18.2 Å². The Morgan fingerprint density at radius 2 is 1.53 bits per heavy atom. The van der Waals surface area contributed by atoms with E-state index in [1.807, 2.05) is 0 Å². The second kappa shape index (κ2) is 10.4. The van der Waals surface area contributed by atoms with Gasteiger partial charge in [0, 0.05) is 24.3 Å². The fourth-order valence-corrected chi connectivity index (χ4v) is 2.48. The highest BCUT2D eigenvalue weighted by Crippen LogP contribution is 2.16. The van der Waals surface area contributed by atoms with Crippen LogP contribution < -0.4 is 16.0 Å². The Bertz CT molecular complexity index is 892. The van der Waals surface area contributed by atoms with Crippen molar-refractivity contribution in [2.45, 2.75) is 39.2 Å². The van der Waals surface area contributed by atoms with Crippen LogP contribution in [0.25, 0.3) is 0 Å². The fourth-order valence-electron chi connectivity index (χ4n) is 2.48. The third-order valence-corrected chi connectivity index (χ3v) is 3.73. The lowest BCUT2D eigenvalue weighted by molar-refractivity contribution is -0.116. The minimum Gasteiger partial charge on any atom is -0.444 e. The number of hydrogen-bond acceptors (Lipinski definition) is 4. The predicted molar refractivity (Wildman–Crippen MR) is 113 cm³/mol. The van der Waals surface area contributed by atoms with Crippen LogP contribution in [0.5, 0.6) is 0 Å². The van der Waals surface area contributed by atoms with Crippen LogP contribution >= 0.6 is 0 Å². The number of amides is 3. The third-order valence-electron chi connectivity index (χ3n) is 3.73. The van der Waals surface area contributed by atoms with Crippen LogP contribution in [0.4, 0.5) is 20.6 Å². The molecular weight excluding hydrogens is 389 g/mol. The molecule has 3 N–H and O–H groups in total. The Balaban J connectivity index is 1.80. The molecule has 7 nitrogen and oxygen atoms in total. The molecule has 2 rings (SSSR count). The van der Waals surface area contributed by atoms with E-state index in [9.17, 15) is 18.8 Å². The lowest BCUT2D eigenvalue weighted by atomic mass is 10.1. The molecule has 0 aromatic heterocycles. The minimum atomic E-state index is -0.603. The second-order valence-corrected chi connectivity index (χ2v) is 7.66. The van der Waals surface area contributed by atoms with Gasteiger partial charge in [0.2, 0.25) is 11.8 Å². The van der Waals surface area contributed by atoms with Gasteiger partial charge in [0.15, 0.2) is 0 Å². The summed E-state index contributed by atoms with van der Waals surface area (Å²) in [6.45, 7) is 5.40. The van der Waals surface area contributed by atoms with Crippen molar-refractivity contribution in [1.29, 1.82) is 0 Å². The quantitative estimate of drug-likeness (QED) is 0.640. The molecule has 0 saturated heterocycles. The first-order chi connectivity index (χ1) is 14.1. The third kappa shape index (κ3) is 8.72. The molecule has 0 fully saturated rings. The van der Waals surface area contributed by atoms with E-state index in [4.69, 9.17) is 4.74 Å². The topological polar surface area (TPSA) is 96.5 Å². The number of halogens is 1. The summed E-state index contributed by atoms with van der Waals surface area (Å²) in [5.74, 6) is -0.906. The maximum absolute atomic E-state index is 12.9. The van der Waals surface area contributed by atoms with E-state index in [1.54, 1.807) is 57.2 Å². The Hall–Kier alpha value is -3.42. The van der Waals surface area contributed by atoms with Gasteiger partial charge in [0.25, 0.3) is 0 Å². The van der Waals surface area contributed by atoms with E-state index in [2.05, 4.69) is 16.0 Å². The van der Waals surface area contributed by atoms with E-state index < -0.39 is 11.7 Å². The van der Waals surface area contributed by atoms with Gasteiger partial charge in [-0.3, -0.25) is 9.59 Å². The summed E-state index contributed by atoms with van der Waals surface area (Å²) < 4.78 is 18.0. The molecule has 2 aromatic rings. The van der Waals surface area contributed by atoms with Crippen molar-refractivity contribution in [2.24, 2.45) is 0 Å². The molecule has 0 radical (unpaired) electrons. The van der Waals surface area contributed by atoms with Crippen molar-refractivity contribution in [3.8, 4) is 0 Å². The monoisotopic (exact) mass is 415 g/mol. The molecule has 0 unspecified atom stereocenters. The first-order valence-electron chi connectivity index (χ1n) is 9.52. The van der Waals surface area contributed by atoms with Crippen LogP contribution in [0.3, 0.4) is 0 Å². The normalized spacial score (nSPS) is 10.8. The summed E-state index contributed by atoms with van der Waals surface area (Å²) in [6, 6.07) is 12.4. The maximum Gasteiger partial charge on any atom is 0.407 e. The Labute approximate surface area is 175 Å². The van der Waals surface area contributed by atoms with Gasteiger partial charge < -0.3 is 20.7 Å². The number of hydrogen-bond donors (Lipinski definition) is 3. The minimum absolute atomic E-state index is 0.0698. The largest absolute Gasteiger partial charge is 0.444 e. The van der Waals surface area contributed by atoms with Crippen LogP contribution in [0.15, 0.2) is 48.5 Å². The molecule has 0 saturated carbocycles. The smallest absolute Gasteiger partial charge is 0.407 e. The van der Waals surface area contributed by atoms with Gasteiger partial charge in [0.05, 0.1) is 6.42 Å². The van der Waals surface area contributed by atoms with E-state index >= 15 is 0 Å². The zero-order valence-electron chi connectivity index (χ0n) is 17.3. The zero-order chi connectivity index (χ0) is 22.1. The van der Waals surface area contributed by atoms with E-state index in [0.717, 1.165) is 0 Å². The number of alkyl carbamates (subject to hydrolysis) is 1. The average molecular weight is 415 g/mol. The molecule has 3 amide bonds. The number of rotatable bonds is 7. The standard InChI is InChI=1S/C22H26FN3O4/c1-22(2,3)30-21(29)24-12-11-19(27)25-17-5-4-6-18(14-17)26-20(28)13-15-7-9-16(23)10-8-15/h4-10,14H,11-13H2,1-3H3,(H,24,29)(H,25,27)(H,26,28). The van der Waals surface area contributed by atoms with Gasteiger partial charge in [-0.25, -0.2) is 9.18 Å². The molecule has 0 atom stereocenters. The highest BCUT2D eigenvalue weighted by molar-refractivity contribution is 5.95. The van der Waals surface area contributed by atoms with Crippen molar-refractivity contribution in [3.63, 3.8) is 0 Å². The molecule has 8 heteroatoms. The van der Waals surface area contributed by atoms with Gasteiger partial charge in [-0.15, -0.1) is 0 Å². The average Bonchev–Trinajstić information content (AvgIpc) is 2.62. The molecule has 0 heterocycles. The zero-order valence-corrected chi connectivity index (χ0v) is 17.3. The molecule has 0 aliphatic rings. The van der Waals surface area contributed by atoms with E-state index in [-0.39, 0.29) is 37.0 Å². The molecule has 0 bridgehead atoms. The second-order valence-electron chi connectivity index (χ2n) is 7.66. The van der Waals surface area contributed by atoms with Crippen LogP contribution in [-0.4, -0.2) is 30.1 Å². The van der Waals surface area contributed by atoms with Crippen molar-refractivity contribution in [1.82, 2.24) is 5.32 Å². The van der Waals surface area contributed by atoms with Crippen LogP contribution in [0.1, 0.15) is 32.8 Å². The number of carbonyl (C=O) groups is 3. The summed E-state index contributed by atoms with van der Waals surface area (Å²) in [6.07, 6.45) is -0.408. The number of carbonyl (C=O) groups excluding carboxylic acids is 3. The Morgan fingerprint density at radius 3 is 2.13 bits per heavy atom. The summed E-state index contributed by atoms with van der Waals surface area (Å²) >= 11 is 0. The van der Waals surface area contributed by atoms with Gasteiger partial charge >= 0.3 is 6.09 Å². The highest BCUT2D eigenvalue weighted by atomic mass is 19.1. The predicted octanol–water partition coefficient (Wildman–Crippen LogP) is 3.86. The lowest BCUT2D eigenvalue weighted by Crippen LogP contribution is -2.34. The van der Waals surface area contributed by atoms with Crippen molar-refractivity contribution in [3.05, 3.63) is 59.9 Å². The van der Waals surface area contributed by atoms with Crippen LogP contribution in [-0.2, 0) is 20.7 Å².